The minimum absolute atomic E-state index is 0.00591. The number of esters is 1. The van der Waals surface area contributed by atoms with Crippen molar-refractivity contribution in [2.75, 3.05) is 11.5 Å². The second-order valence-corrected chi connectivity index (χ2v) is 4.22. The Morgan fingerprint density at radius 3 is 2.61 bits per heavy atom. The fourth-order valence-electron chi connectivity index (χ4n) is 1.28. The number of thiophene rings is 1. The third-order valence-corrected chi connectivity index (χ3v) is 2.74. The molecule has 94 valence electrons. The highest BCUT2D eigenvalue weighted by Crippen LogP contribution is 2.08. The molecule has 0 radical (unpaired) electrons. The summed E-state index contributed by atoms with van der Waals surface area (Å²) >= 11 is 1.53. The van der Waals surface area contributed by atoms with E-state index in [9.17, 15) is 4.79 Å². The van der Waals surface area contributed by atoms with Crippen molar-refractivity contribution in [3.63, 3.8) is 0 Å². The molecule has 18 heavy (non-hydrogen) atoms. The molecular weight excluding hydrogens is 254 g/mol. The lowest BCUT2D eigenvalue weighted by atomic mass is 10.2. The van der Waals surface area contributed by atoms with Gasteiger partial charge in [-0.05, 0) is 22.4 Å². The first kappa shape index (κ1) is 12.2. The smallest absolute Gasteiger partial charge is 0.310 e. The molecule has 0 bridgehead atoms. The molecule has 2 heterocycles. The predicted molar refractivity (Wildman–Crippen MR) is 66.5 cm³/mol. The van der Waals surface area contributed by atoms with Crippen molar-refractivity contribution in [1.82, 2.24) is 15.0 Å². The van der Waals surface area contributed by atoms with E-state index in [-0.39, 0.29) is 36.7 Å². The molecule has 0 spiro atoms. The summed E-state index contributed by atoms with van der Waals surface area (Å²) in [6.07, 6.45) is 0.222. The lowest BCUT2D eigenvalue weighted by Gasteiger charge is -2.04. The van der Waals surface area contributed by atoms with Gasteiger partial charge in [-0.25, -0.2) is 0 Å². The fourth-order valence-corrected chi connectivity index (χ4v) is 1.95. The van der Waals surface area contributed by atoms with Gasteiger partial charge in [0.15, 0.2) is 12.4 Å². The molecule has 0 atom stereocenters. The zero-order chi connectivity index (χ0) is 13.0. The van der Waals surface area contributed by atoms with Crippen LogP contribution in [0, 0.1) is 0 Å². The summed E-state index contributed by atoms with van der Waals surface area (Å²) in [5.41, 5.74) is 11.7. The number of hydrogen-bond donors (Lipinski definition) is 2. The first-order valence-corrected chi connectivity index (χ1v) is 6.00. The second-order valence-electron chi connectivity index (χ2n) is 3.44. The third-order valence-electron chi connectivity index (χ3n) is 2.01. The van der Waals surface area contributed by atoms with Gasteiger partial charge in [0.25, 0.3) is 0 Å². The minimum Gasteiger partial charge on any atom is -0.457 e. The number of nitrogens with two attached hydrogens (primary N) is 2. The lowest BCUT2D eigenvalue weighted by molar-refractivity contribution is -0.144. The van der Waals surface area contributed by atoms with Crippen molar-refractivity contribution in [2.45, 2.75) is 13.0 Å². The molecule has 0 saturated carbocycles. The molecule has 0 aliphatic rings. The quantitative estimate of drug-likeness (QED) is 0.767. The van der Waals surface area contributed by atoms with Crippen molar-refractivity contribution < 1.29 is 9.53 Å². The summed E-state index contributed by atoms with van der Waals surface area (Å²) in [5.74, 6) is -0.109. The molecule has 8 heteroatoms. The van der Waals surface area contributed by atoms with Crippen LogP contribution in [0.15, 0.2) is 16.8 Å². The lowest BCUT2D eigenvalue weighted by Crippen LogP contribution is -2.12. The minimum atomic E-state index is -0.356. The largest absolute Gasteiger partial charge is 0.457 e. The van der Waals surface area contributed by atoms with Crippen molar-refractivity contribution in [1.29, 1.82) is 0 Å². The fraction of sp³-hybridized carbons (Fsp3) is 0.200. The molecule has 0 amide bonds. The van der Waals surface area contributed by atoms with Crippen LogP contribution in [-0.4, -0.2) is 20.9 Å². The van der Waals surface area contributed by atoms with Crippen molar-refractivity contribution in [3.8, 4) is 0 Å². The molecule has 0 aliphatic carbocycles. The van der Waals surface area contributed by atoms with E-state index in [0.29, 0.717) is 0 Å². The summed E-state index contributed by atoms with van der Waals surface area (Å²) in [7, 11) is 0. The number of rotatable bonds is 4. The normalized spacial score (nSPS) is 10.2. The van der Waals surface area contributed by atoms with E-state index in [4.69, 9.17) is 16.2 Å². The van der Waals surface area contributed by atoms with Gasteiger partial charge in [-0.2, -0.15) is 26.3 Å². The summed E-state index contributed by atoms with van der Waals surface area (Å²) in [6.45, 7) is -0.0696. The van der Waals surface area contributed by atoms with Gasteiger partial charge >= 0.3 is 5.97 Å². The summed E-state index contributed by atoms with van der Waals surface area (Å²) in [6, 6.07) is 1.87. The van der Waals surface area contributed by atoms with Gasteiger partial charge in [-0.15, -0.1) is 0 Å². The maximum absolute atomic E-state index is 11.5. The first-order valence-electron chi connectivity index (χ1n) is 5.06. The molecule has 2 aromatic heterocycles. The Labute approximate surface area is 107 Å². The number of anilines is 2. The molecule has 0 fully saturated rings. The molecular formula is C10H11N5O2S. The van der Waals surface area contributed by atoms with Crippen molar-refractivity contribution in [3.05, 3.63) is 28.2 Å². The third kappa shape index (κ3) is 3.39. The van der Waals surface area contributed by atoms with Gasteiger partial charge in [-0.1, -0.05) is 0 Å². The second kappa shape index (κ2) is 5.41. The standard InChI is InChI=1S/C10H11N5O2S/c11-9-13-7(14-10(12)15-9)4-17-8(16)3-6-1-2-18-5-6/h1-2,5H,3-4H2,(H4,11,12,13,14,15). The summed E-state index contributed by atoms with van der Waals surface area (Å²) in [5, 5.41) is 3.79. The van der Waals surface area contributed by atoms with Gasteiger partial charge in [0.05, 0.1) is 6.42 Å². The van der Waals surface area contributed by atoms with E-state index in [1.807, 2.05) is 16.8 Å². The Bertz CT molecular complexity index is 523. The SMILES string of the molecule is Nc1nc(N)nc(COC(=O)Cc2ccsc2)n1. The molecule has 2 aromatic rings. The highest BCUT2D eigenvalue weighted by molar-refractivity contribution is 7.07. The zero-order valence-electron chi connectivity index (χ0n) is 9.37. The van der Waals surface area contributed by atoms with E-state index >= 15 is 0 Å². The number of nitrogen functional groups attached to an aromatic ring is 2. The Kier molecular flexibility index (Phi) is 3.68. The van der Waals surface area contributed by atoms with Crippen LogP contribution in [0.5, 0.6) is 0 Å². The maximum Gasteiger partial charge on any atom is 0.310 e. The monoisotopic (exact) mass is 265 g/mol. The van der Waals surface area contributed by atoms with E-state index in [1.54, 1.807) is 0 Å². The van der Waals surface area contributed by atoms with Crippen molar-refractivity contribution >= 4 is 29.2 Å². The van der Waals surface area contributed by atoms with Crippen LogP contribution >= 0.6 is 11.3 Å². The van der Waals surface area contributed by atoms with Gasteiger partial charge < -0.3 is 16.2 Å². The number of aromatic nitrogens is 3. The van der Waals surface area contributed by atoms with E-state index in [1.165, 1.54) is 11.3 Å². The van der Waals surface area contributed by atoms with Crippen LogP contribution < -0.4 is 11.5 Å². The van der Waals surface area contributed by atoms with Gasteiger partial charge in [0.1, 0.15) is 0 Å². The predicted octanol–water partition coefficient (Wildman–Crippen LogP) is 0.383. The average molecular weight is 265 g/mol. The Hall–Kier alpha value is -2.22. The molecule has 2 rings (SSSR count). The van der Waals surface area contributed by atoms with Gasteiger partial charge in [0, 0.05) is 0 Å². The van der Waals surface area contributed by atoms with Crippen LogP contribution in [0.4, 0.5) is 11.9 Å². The Morgan fingerprint density at radius 2 is 2.00 bits per heavy atom. The van der Waals surface area contributed by atoms with E-state index < -0.39 is 0 Å². The number of nitrogens with zero attached hydrogens (tertiary/aromatic N) is 3. The van der Waals surface area contributed by atoms with Crippen LogP contribution in [0.2, 0.25) is 0 Å². The highest BCUT2D eigenvalue weighted by atomic mass is 32.1. The van der Waals surface area contributed by atoms with E-state index in [2.05, 4.69) is 15.0 Å². The topological polar surface area (TPSA) is 117 Å². The number of carbonyl (C=O) groups excluding carboxylic acids is 1. The highest BCUT2D eigenvalue weighted by Gasteiger charge is 2.08. The maximum atomic E-state index is 11.5. The van der Waals surface area contributed by atoms with Crippen LogP contribution in [-0.2, 0) is 22.6 Å². The zero-order valence-corrected chi connectivity index (χ0v) is 10.2. The number of carbonyl (C=O) groups is 1. The van der Waals surface area contributed by atoms with Crippen molar-refractivity contribution in [2.24, 2.45) is 0 Å². The van der Waals surface area contributed by atoms with Crippen LogP contribution in [0.25, 0.3) is 0 Å². The molecule has 0 aromatic carbocycles. The van der Waals surface area contributed by atoms with Crippen LogP contribution in [0.3, 0.4) is 0 Å². The molecule has 7 nitrogen and oxygen atoms in total. The van der Waals surface area contributed by atoms with Crippen LogP contribution in [0.1, 0.15) is 11.4 Å². The summed E-state index contributed by atoms with van der Waals surface area (Å²) < 4.78 is 5.01. The Morgan fingerprint density at radius 1 is 1.28 bits per heavy atom. The first-order chi connectivity index (χ1) is 8.63. The number of ether oxygens (including phenoxy) is 1. The molecule has 0 unspecified atom stereocenters. The van der Waals surface area contributed by atoms with Gasteiger partial charge in [0.2, 0.25) is 11.9 Å². The van der Waals surface area contributed by atoms with Gasteiger partial charge in [-0.3, -0.25) is 4.79 Å². The number of hydrogen-bond acceptors (Lipinski definition) is 8. The summed E-state index contributed by atoms with van der Waals surface area (Å²) in [4.78, 5) is 22.7. The van der Waals surface area contributed by atoms with E-state index in [0.717, 1.165) is 5.56 Å². The Balaban J connectivity index is 1.89. The average Bonchev–Trinajstić information content (AvgIpc) is 2.78. The molecule has 0 aliphatic heterocycles. The molecule has 4 N–H and O–H groups in total. The molecule has 0 saturated heterocycles.